The Labute approximate surface area is 170 Å². The fraction of sp³-hybridized carbons (Fsp3) is 0.300. The van der Waals surface area contributed by atoms with Crippen molar-refractivity contribution in [2.45, 2.75) is 20.3 Å². The molecule has 2 aromatic rings. The quantitative estimate of drug-likeness (QED) is 0.608. The average molecular weight is 420 g/mol. The van der Waals surface area contributed by atoms with E-state index in [0.717, 1.165) is 23.1 Å². The molecule has 0 aliphatic heterocycles. The summed E-state index contributed by atoms with van der Waals surface area (Å²) < 4.78 is 30.9. The van der Waals surface area contributed by atoms with E-state index in [0.29, 0.717) is 18.7 Å². The van der Waals surface area contributed by atoms with Gasteiger partial charge < -0.3 is 15.4 Å². The maximum absolute atomic E-state index is 12.7. The highest BCUT2D eigenvalue weighted by molar-refractivity contribution is 7.92. The van der Waals surface area contributed by atoms with Gasteiger partial charge in [-0.15, -0.1) is 0 Å². The molecule has 0 radical (unpaired) electrons. The van der Waals surface area contributed by atoms with Crippen LogP contribution in [0.1, 0.15) is 28.4 Å². The van der Waals surface area contributed by atoms with Crippen LogP contribution in [0.25, 0.3) is 0 Å². The van der Waals surface area contributed by atoms with Crippen molar-refractivity contribution in [2.24, 2.45) is 0 Å². The lowest BCUT2D eigenvalue weighted by atomic mass is 10.1. The van der Waals surface area contributed by atoms with Crippen molar-refractivity contribution in [3.05, 3.63) is 53.1 Å². The van der Waals surface area contributed by atoms with E-state index in [2.05, 4.69) is 15.4 Å². The third kappa shape index (κ3) is 6.79. The summed E-state index contributed by atoms with van der Waals surface area (Å²) in [7, 11) is -1.99. The van der Waals surface area contributed by atoms with Gasteiger partial charge in [-0.1, -0.05) is 17.7 Å². The summed E-state index contributed by atoms with van der Waals surface area (Å²) in [6.45, 7) is 3.64. The van der Waals surface area contributed by atoms with Crippen LogP contribution in [0.2, 0.25) is 0 Å². The number of carbonyl (C=O) groups is 2. The number of ether oxygens (including phenoxy) is 1. The molecule has 2 rings (SSSR count). The number of hydrogen-bond donors (Lipinski definition) is 3. The molecule has 0 aliphatic rings. The van der Waals surface area contributed by atoms with Gasteiger partial charge in [-0.2, -0.15) is 0 Å². The normalized spacial score (nSPS) is 10.9. The molecule has 29 heavy (non-hydrogen) atoms. The number of aryl methyl sites for hydroxylation is 1. The lowest BCUT2D eigenvalue weighted by Gasteiger charge is -2.14. The number of anilines is 2. The molecule has 8 nitrogen and oxygen atoms in total. The summed E-state index contributed by atoms with van der Waals surface area (Å²) in [6, 6.07) is 10.2. The third-order valence-corrected chi connectivity index (χ3v) is 4.59. The Bertz CT molecular complexity index is 1020. The van der Waals surface area contributed by atoms with Crippen molar-refractivity contribution >= 4 is 33.2 Å². The molecule has 0 fully saturated rings. The van der Waals surface area contributed by atoms with E-state index < -0.39 is 15.9 Å². The fourth-order valence-electron chi connectivity index (χ4n) is 2.81. The van der Waals surface area contributed by atoms with Crippen LogP contribution in [-0.4, -0.2) is 40.1 Å². The zero-order chi connectivity index (χ0) is 21.6. The molecule has 0 aliphatic carbocycles. The Morgan fingerprint density at radius 1 is 1.10 bits per heavy atom. The van der Waals surface area contributed by atoms with Crippen molar-refractivity contribution in [3.8, 4) is 5.75 Å². The van der Waals surface area contributed by atoms with Gasteiger partial charge in [-0.3, -0.25) is 14.3 Å². The lowest BCUT2D eigenvalue weighted by molar-refractivity contribution is -0.114. The number of rotatable bonds is 8. The Kier molecular flexibility index (Phi) is 7.22. The number of amides is 2. The van der Waals surface area contributed by atoms with Crippen molar-refractivity contribution in [2.75, 3.05) is 29.9 Å². The Morgan fingerprint density at radius 3 is 2.45 bits per heavy atom. The molecule has 0 bridgehead atoms. The van der Waals surface area contributed by atoms with Crippen LogP contribution in [0.15, 0.2) is 36.4 Å². The second kappa shape index (κ2) is 9.42. The van der Waals surface area contributed by atoms with Gasteiger partial charge in [0.15, 0.2) is 0 Å². The predicted octanol–water partition coefficient (Wildman–Crippen LogP) is 2.31. The summed E-state index contributed by atoms with van der Waals surface area (Å²) in [5, 5.41) is 5.36. The maximum Gasteiger partial charge on any atom is 0.253 e. The minimum Gasteiger partial charge on any atom is -0.496 e. The van der Waals surface area contributed by atoms with Crippen LogP contribution < -0.4 is 20.1 Å². The van der Waals surface area contributed by atoms with E-state index in [1.54, 1.807) is 7.11 Å². The second-order valence-electron chi connectivity index (χ2n) is 6.64. The van der Waals surface area contributed by atoms with Gasteiger partial charge in [-0.25, -0.2) is 8.42 Å². The highest BCUT2D eigenvalue weighted by Gasteiger charge is 2.16. The molecule has 2 amide bonds. The van der Waals surface area contributed by atoms with Gasteiger partial charge in [0.05, 0.1) is 24.6 Å². The monoisotopic (exact) mass is 419 g/mol. The fourth-order valence-corrected chi connectivity index (χ4v) is 3.39. The Morgan fingerprint density at radius 2 is 1.83 bits per heavy atom. The van der Waals surface area contributed by atoms with Crippen LogP contribution in [0.4, 0.5) is 11.4 Å². The van der Waals surface area contributed by atoms with Crippen LogP contribution in [0.5, 0.6) is 5.75 Å². The molecule has 0 aromatic heterocycles. The third-order valence-electron chi connectivity index (χ3n) is 4.00. The van der Waals surface area contributed by atoms with E-state index >= 15 is 0 Å². The number of benzene rings is 2. The van der Waals surface area contributed by atoms with Crippen molar-refractivity contribution < 1.29 is 22.7 Å². The van der Waals surface area contributed by atoms with Crippen molar-refractivity contribution in [1.29, 1.82) is 0 Å². The number of nitrogens with one attached hydrogen (secondary N) is 3. The first-order valence-corrected chi connectivity index (χ1v) is 10.8. The first-order chi connectivity index (χ1) is 13.6. The Hall–Kier alpha value is -3.07. The van der Waals surface area contributed by atoms with Crippen molar-refractivity contribution in [1.82, 2.24) is 5.32 Å². The van der Waals surface area contributed by atoms with E-state index in [1.165, 1.54) is 25.1 Å². The maximum atomic E-state index is 12.7. The molecule has 0 saturated heterocycles. The smallest absolute Gasteiger partial charge is 0.253 e. The van der Waals surface area contributed by atoms with Crippen LogP contribution >= 0.6 is 0 Å². The minimum absolute atomic E-state index is 0.109. The van der Waals surface area contributed by atoms with E-state index in [-0.39, 0.29) is 17.2 Å². The van der Waals surface area contributed by atoms with Crippen LogP contribution in [0, 0.1) is 6.92 Å². The molecule has 0 atom stereocenters. The second-order valence-corrected chi connectivity index (χ2v) is 8.39. The van der Waals surface area contributed by atoms with Crippen LogP contribution in [-0.2, 0) is 21.2 Å². The largest absolute Gasteiger partial charge is 0.496 e. The highest BCUT2D eigenvalue weighted by atomic mass is 32.2. The molecule has 2 aromatic carbocycles. The SMILES string of the molecule is COc1ccc(C)cc1CCNC(=O)c1cc(NC(C)=O)ccc1NS(C)(=O)=O. The molecule has 0 spiro atoms. The number of methoxy groups -OCH3 is 1. The molecule has 0 unspecified atom stereocenters. The van der Waals surface area contributed by atoms with Gasteiger partial charge >= 0.3 is 0 Å². The predicted molar refractivity (Wildman–Crippen MR) is 113 cm³/mol. The number of hydrogen-bond acceptors (Lipinski definition) is 5. The number of carbonyl (C=O) groups excluding carboxylic acids is 2. The van der Waals surface area contributed by atoms with Gasteiger partial charge in [-0.05, 0) is 43.2 Å². The first-order valence-electron chi connectivity index (χ1n) is 8.90. The zero-order valence-corrected chi connectivity index (χ0v) is 17.6. The van der Waals surface area contributed by atoms with Gasteiger partial charge in [0, 0.05) is 19.2 Å². The van der Waals surface area contributed by atoms with Crippen LogP contribution in [0.3, 0.4) is 0 Å². The summed E-state index contributed by atoms with van der Waals surface area (Å²) in [6.07, 6.45) is 1.54. The average Bonchev–Trinajstić information content (AvgIpc) is 2.61. The molecule has 3 N–H and O–H groups in total. The van der Waals surface area contributed by atoms with Gasteiger partial charge in [0.1, 0.15) is 5.75 Å². The standard InChI is InChI=1S/C20H25N3O5S/c1-13-5-8-19(28-3)15(11-13)9-10-21-20(25)17-12-16(22-14(2)24)6-7-18(17)23-29(4,26)27/h5-8,11-12,23H,9-10H2,1-4H3,(H,21,25)(H,22,24). The summed E-state index contributed by atoms with van der Waals surface area (Å²) >= 11 is 0. The van der Waals surface area contributed by atoms with E-state index in [4.69, 9.17) is 4.74 Å². The molecule has 0 saturated carbocycles. The molecular formula is C20H25N3O5S. The highest BCUT2D eigenvalue weighted by Crippen LogP contribution is 2.23. The van der Waals surface area contributed by atoms with Gasteiger partial charge in [0.25, 0.3) is 5.91 Å². The molecule has 9 heteroatoms. The summed E-state index contributed by atoms with van der Waals surface area (Å²) in [5.41, 5.74) is 2.66. The zero-order valence-electron chi connectivity index (χ0n) is 16.8. The van der Waals surface area contributed by atoms with Gasteiger partial charge in [0.2, 0.25) is 15.9 Å². The summed E-state index contributed by atoms with van der Waals surface area (Å²) in [4.78, 5) is 24.0. The van der Waals surface area contributed by atoms with E-state index in [1.807, 2.05) is 25.1 Å². The topological polar surface area (TPSA) is 114 Å². The number of sulfonamides is 1. The summed E-state index contributed by atoms with van der Waals surface area (Å²) in [5.74, 6) is -0.0290. The van der Waals surface area contributed by atoms with Crippen molar-refractivity contribution in [3.63, 3.8) is 0 Å². The lowest BCUT2D eigenvalue weighted by Crippen LogP contribution is -2.27. The molecule has 0 heterocycles. The van der Waals surface area contributed by atoms with E-state index in [9.17, 15) is 18.0 Å². The first kappa shape index (κ1) is 22.2. The minimum atomic E-state index is -3.58. The molecular weight excluding hydrogens is 394 g/mol. The Balaban J connectivity index is 2.19. The molecule has 156 valence electrons.